The second kappa shape index (κ2) is 6.86. The maximum absolute atomic E-state index is 5.64. The fourth-order valence-electron chi connectivity index (χ4n) is 1.77. The van der Waals surface area contributed by atoms with Crippen LogP contribution in [0.25, 0.3) is 0 Å². The molecule has 2 nitrogen and oxygen atoms in total. The van der Waals surface area contributed by atoms with E-state index in [4.69, 9.17) is 11.2 Å². The van der Waals surface area contributed by atoms with Crippen molar-refractivity contribution in [1.82, 2.24) is 5.32 Å². The van der Waals surface area contributed by atoms with Crippen LogP contribution in [0, 0.1) is 12.3 Å². The summed E-state index contributed by atoms with van der Waals surface area (Å²) in [7, 11) is 0. The molecular weight excluding hydrogens is 174 g/mol. The second-order valence-electron chi connectivity index (χ2n) is 3.91. The average Bonchev–Trinajstić information content (AvgIpc) is 2.25. The molecule has 1 saturated heterocycles. The quantitative estimate of drug-likeness (QED) is 0.677. The fourth-order valence-corrected chi connectivity index (χ4v) is 1.77. The predicted octanol–water partition coefficient (Wildman–Crippen LogP) is 1.95. The van der Waals surface area contributed by atoms with Gasteiger partial charge < -0.3 is 10.1 Å². The summed E-state index contributed by atoms with van der Waals surface area (Å²) in [5.41, 5.74) is 0. The van der Waals surface area contributed by atoms with E-state index in [1.54, 1.807) is 0 Å². The Bertz CT molecular complexity index is 179. The number of hydrogen-bond donors (Lipinski definition) is 1. The molecule has 0 amide bonds. The van der Waals surface area contributed by atoms with Gasteiger partial charge in [0.25, 0.3) is 0 Å². The molecule has 1 aliphatic rings. The molecule has 0 aliphatic carbocycles. The maximum Gasteiger partial charge on any atom is 0.0699 e. The molecule has 2 atom stereocenters. The summed E-state index contributed by atoms with van der Waals surface area (Å²) in [5.74, 6) is 2.70. The van der Waals surface area contributed by atoms with Crippen LogP contribution in [-0.2, 0) is 4.74 Å². The van der Waals surface area contributed by atoms with Gasteiger partial charge in [-0.15, -0.1) is 12.3 Å². The van der Waals surface area contributed by atoms with E-state index in [0.717, 1.165) is 26.0 Å². The van der Waals surface area contributed by atoms with Gasteiger partial charge in [0.15, 0.2) is 0 Å². The van der Waals surface area contributed by atoms with Crippen LogP contribution in [-0.4, -0.2) is 25.3 Å². The first kappa shape index (κ1) is 11.6. The highest BCUT2D eigenvalue weighted by molar-refractivity contribution is 4.89. The summed E-state index contributed by atoms with van der Waals surface area (Å²) >= 11 is 0. The van der Waals surface area contributed by atoms with E-state index in [-0.39, 0.29) is 0 Å². The van der Waals surface area contributed by atoms with E-state index in [9.17, 15) is 0 Å². The maximum atomic E-state index is 5.64. The van der Waals surface area contributed by atoms with Gasteiger partial charge in [0.05, 0.1) is 6.10 Å². The number of nitrogens with one attached hydrogen (secondary N) is 1. The molecule has 1 fully saturated rings. The van der Waals surface area contributed by atoms with E-state index < -0.39 is 0 Å². The first-order valence-corrected chi connectivity index (χ1v) is 5.65. The van der Waals surface area contributed by atoms with Gasteiger partial charge in [0, 0.05) is 25.6 Å². The van der Waals surface area contributed by atoms with E-state index in [0.29, 0.717) is 12.1 Å². The molecule has 0 radical (unpaired) electrons. The highest BCUT2D eigenvalue weighted by Crippen LogP contribution is 2.12. The Morgan fingerprint density at radius 2 is 2.43 bits per heavy atom. The SMILES string of the molecule is C#CCC(CC)NCC1CCCCO1. The highest BCUT2D eigenvalue weighted by atomic mass is 16.5. The van der Waals surface area contributed by atoms with E-state index in [1.807, 2.05) is 0 Å². The number of hydrogen-bond acceptors (Lipinski definition) is 2. The zero-order valence-electron chi connectivity index (χ0n) is 9.09. The third kappa shape index (κ3) is 4.13. The van der Waals surface area contributed by atoms with Crippen molar-refractivity contribution in [1.29, 1.82) is 0 Å². The van der Waals surface area contributed by atoms with Crippen LogP contribution >= 0.6 is 0 Å². The molecule has 0 spiro atoms. The van der Waals surface area contributed by atoms with Crippen molar-refractivity contribution in [2.45, 2.75) is 51.2 Å². The van der Waals surface area contributed by atoms with Gasteiger partial charge in [-0.05, 0) is 25.7 Å². The van der Waals surface area contributed by atoms with Gasteiger partial charge in [-0.25, -0.2) is 0 Å². The average molecular weight is 195 g/mol. The first-order valence-electron chi connectivity index (χ1n) is 5.65. The number of ether oxygens (including phenoxy) is 1. The summed E-state index contributed by atoms with van der Waals surface area (Å²) < 4.78 is 5.64. The van der Waals surface area contributed by atoms with Crippen LogP contribution in [0.5, 0.6) is 0 Å². The summed E-state index contributed by atoms with van der Waals surface area (Å²) in [5, 5.41) is 3.47. The summed E-state index contributed by atoms with van der Waals surface area (Å²) in [6, 6.07) is 0.463. The van der Waals surface area contributed by atoms with Crippen LogP contribution in [0.3, 0.4) is 0 Å². The van der Waals surface area contributed by atoms with Gasteiger partial charge in [0.1, 0.15) is 0 Å². The van der Waals surface area contributed by atoms with E-state index in [1.165, 1.54) is 19.3 Å². The molecule has 0 saturated carbocycles. The lowest BCUT2D eigenvalue weighted by molar-refractivity contribution is 0.0154. The molecule has 1 N–H and O–H groups in total. The fraction of sp³-hybridized carbons (Fsp3) is 0.833. The Hall–Kier alpha value is -0.520. The van der Waals surface area contributed by atoms with Gasteiger partial charge >= 0.3 is 0 Å². The highest BCUT2D eigenvalue weighted by Gasteiger charge is 2.14. The minimum Gasteiger partial charge on any atom is -0.377 e. The Morgan fingerprint density at radius 3 is 3.00 bits per heavy atom. The third-order valence-electron chi connectivity index (χ3n) is 2.77. The Kier molecular flexibility index (Phi) is 5.66. The summed E-state index contributed by atoms with van der Waals surface area (Å²) in [6.45, 7) is 4.05. The normalized spacial score (nSPS) is 24.1. The molecule has 14 heavy (non-hydrogen) atoms. The summed E-state index contributed by atoms with van der Waals surface area (Å²) in [6.07, 6.45) is 11.3. The lowest BCUT2D eigenvalue weighted by atomic mass is 10.1. The molecule has 1 aliphatic heterocycles. The van der Waals surface area contributed by atoms with Crippen LogP contribution in [0.4, 0.5) is 0 Å². The monoisotopic (exact) mass is 195 g/mol. The van der Waals surface area contributed by atoms with E-state index in [2.05, 4.69) is 18.2 Å². The van der Waals surface area contributed by atoms with Crippen molar-refractivity contribution in [2.75, 3.05) is 13.2 Å². The van der Waals surface area contributed by atoms with Crippen molar-refractivity contribution >= 4 is 0 Å². The zero-order chi connectivity index (χ0) is 10.2. The van der Waals surface area contributed by atoms with Crippen LogP contribution < -0.4 is 5.32 Å². The topological polar surface area (TPSA) is 21.3 Å². The Balaban J connectivity index is 2.14. The third-order valence-corrected chi connectivity index (χ3v) is 2.77. The molecule has 0 aromatic heterocycles. The second-order valence-corrected chi connectivity index (χ2v) is 3.91. The lowest BCUT2D eigenvalue weighted by Crippen LogP contribution is -2.37. The molecule has 2 heteroatoms. The molecule has 80 valence electrons. The van der Waals surface area contributed by atoms with Gasteiger partial charge in [-0.3, -0.25) is 0 Å². The van der Waals surface area contributed by atoms with Crippen molar-refractivity contribution in [3.8, 4) is 12.3 Å². The predicted molar refractivity (Wildman–Crippen MR) is 59.1 cm³/mol. The minimum atomic E-state index is 0.413. The van der Waals surface area contributed by atoms with Crippen LogP contribution in [0.2, 0.25) is 0 Å². The largest absolute Gasteiger partial charge is 0.377 e. The van der Waals surface area contributed by atoms with E-state index >= 15 is 0 Å². The summed E-state index contributed by atoms with van der Waals surface area (Å²) in [4.78, 5) is 0. The Morgan fingerprint density at radius 1 is 1.57 bits per heavy atom. The standard InChI is InChI=1S/C12H21NO/c1-3-7-11(4-2)13-10-12-8-5-6-9-14-12/h1,11-13H,4-10H2,2H3. The Labute approximate surface area is 87.4 Å². The van der Waals surface area contributed by atoms with Crippen molar-refractivity contribution in [3.05, 3.63) is 0 Å². The molecule has 2 unspecified atom stereocenters. The zero-order valence-corrected chi connectivity index (χ0v) is 9.09. The van der Waals surface area contributed by atoms with Gasteiger partial charge in [-0.2, -0.15) is 0 Å². The molecule has 0 bridgehead atoms. The molecular formula is C12H21NO. The van der Waals surface area contributed by atoms with Crippen molar-refractivity contribution in [3.63, 3.8) is 0 Å². The molecule has 0 aromatic carbocycles. The van der Waals surface area contributed by atoms with Crippen molar-refractivity contribution in [2.24, 2.45) is 0 Å². The van der Waals surface area contributed by atoms with Gasteiger partial charge in [0.2, 0.25) is 0 Å². The van der Waals surface area contributed by atoms with Gasteiger partial charge in [-0.1, -0.05) is 6.92 Å². The van der Waals surface area contributed by atoms with Crippen LogP contribution in [0.15, 0.2) is 0 Å². The molecule has 1 heterocycles. The number of terminal acetylenes is 1. The van der Waals surface area contributed by atoms with Crippen molar-refractivity contribution < 1.29 is 4.74 Å². The molecule has 0 aromatic rings. The van der Waals surface area contributed by atoms with Crippen LogP contribution in [0.1, 0.15) is 39.0 Å². The molecule has 1 rings (SSSR count). The smallest absolute Gasteiger partial charge is 0.0699 e. The minimum absolute atomic E-state index is 0.413. The lowest BCUT2D eigenvalue weighted by Gasteiger charge is -2.25. The number of rotatable bonds is 5. The first-order chi connectivity index (χ1) is 6.86.